The Hall–Kier alpha value is -0.860. The van der Waals surface area contributed by atoms with Crippen LogP contribution >= 0.6 is 0 Å². The van der Waals surface area contributed by atoms with E-state index >= 15 is 0 Å². The van der Waals surface area contributed by atoms with Crippen molar-refractivity contribution in [1.29, 1.82) is 0 Å². The van der Waals surface area contributed by atoms with Crippen molar-refractivity contribution in [2.75, 3.05) is 0 Å². The van der Waals surface area contributed by atoms with Gasteiger partial charge >= 0.3 is 5.97 Å². The number of esters is 1. The number of carbonyl (C=O) groups is 2. The monoisotopic (exact) mass is 182 g/mol. The van der Waals surface area contributed by atoms with Crippen molar-refractivity contribution >= 4 is 11.8 Å². The molecule has 2 bridgehead atoms. The molecule has 0 aromatic heterocycles. The molecule has 2 fully saturated rings. The van der Waals surface area contributed by atoms with Crippen LogP contribution in [0.4, 0.5) is 0 Å². The van der Waals surface area contributed by atoms with Crippen LogP contribution < -0.4 is 0 Å². The average molecular weight is 182 g/mol. The molecule has 3 nitrogen and oxygen atoms in total. The van der Waals surface area contributed by atoms with Crippen molar-refractivity contribution in [3.63, 3.8) is 0 Å². The fourth-order valence-corrected chi connectivity index (χ4v) is 2.70. The Labute approximate surface area is 77.4 Å². The van der Waals surface area contributed by atoms with Gasteiger partial charge in [-0.05, 0) is 25.7 Å². The summed E-state index contributed by atoms with van der Waals surface area (Å²) >= 11 is 0. The third-order valence-electron chi connectivity index (χ3n) is 3.39. The molecule has 3 heteroatoms. The Morgan fingerprint density at radius 2 is 2.31 bits per heavy atom. The average Bonchev–Trinajstić information content (AvgIpc) is 2.39. The highest BCUT2D eigenvalue weighted by Gasteiger charge is 2.56. The second-order valence-corrected chi connectivity index (χ2v) is 4.45. The first kappa shape index (κ1) is 8.73. The quantitative estimate of drug-likeness (QED) is 0.574. The van der Waals surface area contributed by atoms with Crippen molar-refractivity contribution in [3.8, 4) is 0 Å². The molecular weight excluding hydrogens is 168 g/mol. The van der Waals surface area contributed by atoms with E-state index in [1.807, 2.05) is 6.92 Å². The van der Waals surface area contributed by atoms with E-state index in [0.717, 1.165) is 12.8 Å². The lowest BCUT2D eigenvalue weighted by Crippen LogP contribution is -2.38. The molecule has 0 spiro atoms. The summed E-state index contributed by atoms with van der Waals surface area (Å²) in [7, 11) is 0. The van der Waals surface area contributed by atoms with E-state index in [9.17, 15) is 9.59 Å². The van der Waals surface area contributed by atoms with Gasteiger partial charge < -0.3 is 4.74 Å². The van der Waals surface area contributed by atoms with Crippen LogP contribution in [-0.4, -0.2) is 17.9 Å². The van der Waals surface area contributed by atoms with Crippen molar-refractivity contribution in [2.24, 2.45) is 11.3 Å². The van der Waals surface area contributed by atoms with Crippen LogP contribution in [0.2, 0.25) is 0 Å². The van der Waals surface area contributed by atoms with E-state index in [2.05, 4.69) is 0 Å². The second-order valence-electron chi connectivity index (χ2n) is 4.45. The summed E-state index contributed by atoms with van der Waals surface area (Å²) in [4.78, 5) is 22.3. The molecule has 3 atom stereocenters. The lowest BCUT2D eigenvalue weighted by molar-refractivity contribution is -0.155. The predicted octanol–water partition coefficient (Wildman–Crippen LogP) is 1.31. The predicted molar refractivity (Wildman–Crippen MR) is 46.0 cm³/mol. The van der Waals surface area contributed by atoms with Gasteiger partial charge in [0.2, 0.25) is 0 Å². The van der Waals surface area contributed by atoms with Gasteiger partial charge in [-0.1, -0.05) is 0 Å². The highest BCUT2D eigenvalue weighted by atomic mass is 16.5. The van der Waals surface area contributed by atoms with Crippen LogP contribution in [0.1, 0.15) is 33.1 Å². The van der Waals surface area contributed by atoms with Crippen molar-refractivity contribution in [3.05, 3.63) is 0 Å². The summed E-state index contributed by atoms with van der Waals surface area (Å²) in [5, 5.41) is 0. The van der Waals surface area contributed by atoms with Gasteiger partial charge in [0.1, 0.15) is 11.9 Å². The zero-order valence-corrected chi connectivity index (χ0v) is 8.00. The van der Waals surface area contributed by atoms with Gasteiger partial charge in [-0.15, -0.1) is 0 Å². The van der Waals surface area contributed by atoms with Gasteiger partial charge in [0.15, 0.2) is 0 Å². The first-order valence-electron chi connectivity index (χ1n) is 4.73. The molecule has 2 saturated carbocycles. The Bertz CT molecular complexity index is 271. The van der Waals surface area contributed by atoms with Gasteiger partial charge in [0, 0.05) is 13.3 Å². The third kappa shape index (κ3) is 1.18. The zero-order valence-electron chi connectivity index (χ0n) is 8.00. The molecule has 0 aliphatic heterocycles. The Morgan fingerprint density at radius 3 is 2.77 bits per heavy atom. The lowest BCUT2D eigenvalue weighted by Gasteiger charge is -2.28. The standard InChI is InChI=1S/C10H14O3/c1-6(11)13-9-4-7-3-8(12)10(9,2)5-7/h7,9H,3-5H2,1-2H3/t7-,9-,10+/m0/s1. The van der Waals surface area contributed by atoms with Crippen LogP contribution in [0, 0.1) is 11.3 Å². The van der Waals surface area contributed by atoms with Gasteiger partial charge in [-0.3, -0.25) is 9.59 Å². The van der Waals surface area contributed by atoms with Crippen LogP contribution in [0.25, 0.3) is 0 Å². The minimum atomic E-state index is -0.365. The molecule has 0 aromatic carbocycles. The number of hydrogen-bond donors (Lipinski definition) is 0. The normalized spacial score (nSPS) is 42.5. The highest BCUT2D eigenvalue weighted by Crippen LogP contribution is 2.52. The zero-order chi connectivity index (χ0) is 9.64. The molecule has 0 aromatic rings. The second kappa shape index (κ2) is 2.56. The minimum Gasteiger partial charge on any atom is -0.461 e. The fraction of sp³-hybridized carbons (Fsp3) is 0.800. The maximum absolute atomic E-state index is 11.6. The number of ether oxygens (including phenoxy) is 1. The number of ketones is 1. The summed E-state index contributed by atoms with van der Waals surface area (Å²) in [6.07, 6.45) is 2.32. The minimum absolute atomic E-state index is 0.156. The molecule has 0 radical (unpaired) electrons. The van der Waals surface area contributed by atoms with E-state index in [1.54, 1.807) is 0 Å². The Morgan fingerprint density at radius 1 is 1.62 bits per heavy atom. The maximum atomic E-state index is 11.6. The SMILES string of the molecule is CC(=O)O[C@H]1C[C@@H]2CC(=O)[C@@]1(C)C2. The summed E-state index contributed by atoms with van der Waals surface area (Å²) < 4.78 is 5.16. The molecule has 0 N–H and O–H groups in total. The van der Waals surface area contributed by atoms with Gasteiger partial charge in [-0.2, -0.15) is 0 Å². The van der Waals surface area contributed by atoms with E-state index in [1.165, 1.54) is 6.92 Å². The van der Waals surface area contributed by atoms with Gasteiger partial charge in [0.25, 0.3) is 0 Å². The molecule has 0 heterocycles. The largest absolute Gasteiger partial charge is 0.461 e. The van der Waals surface area contributed by atoms with Crippen molar-refractivity contribution in [2.45, 2.75) is 39.2 Å². The molecular formula is C10H14O3. The molecule has 13 heavy (non-hydrogen) atoms. The summed E-state index contributed by atoms with van der Waals surface area (Å²) in [5.74, 6) is 0.462. The lowest BCUT2D eigenvalue weighted by atomic mass is 9.82. The Balaban J connectivity index is 2.16. The van der Waals surface area contributed by atoms with Crippen molar-refractivity contribution in [1.82, 2.24) is 0 Å². The van der Waals surface area contributed by atoms with Crippen molar-refractivity contribution < 1.29 is 14.3 Å². The molecule has 0 unspecified atom stereocenters. The molecule has 2 rings (SSSR count). The molecule has 2 aliphatic rings. The smallest absolute Gasteiger partial charge is 0.302 e. The van der Waals surface area contributed by atoms with Gasteiger partial charge in [-0.25, -0.2) is 0 Å². The van der Waals surface area contributed by atoms with Crippen LogP contribution in [0.3, 0.4) is 0 Å². The number of hydrogen-bond acceptors (Lipinski definition) is 3. The molecule has 0 amide bonds. The fourth-order valence-electron chi connectivity index (χ4n) is 2.70. The number of Topliss-reactive ketones (excluding diaryl/α,β-unsaturated/α-hetero) is 1. The Kier molecular flexibility index (Phi) is 1.72. The molecule has 72 valence electrons. The van der Waals surface area contributed by atoms with E-state index in [0.29, 0.717) is 12.3 Å². The van der Waals surface area contributed by atoms with E-state index < -0.39 is 0 Å². The molecule has 2 aliphatic carbocycles. The number of rotatable bonds is 1. The van der Waals surface area contributed by atoms with Gasteiger partial charge in [0.05, 0.1) is 5.41 Å². The highest BCUT2D eigenvalue weighted by molar-refractivity contribution is 5.89. The summed E-state index contributed by atoms with van der Waals surface area (Å²) in [6.45, 7) is 3.33. The van der Waals surface area contributed by atoms with E-state index in [4.69, 9.17) is 4.74 Å². The number of carbonyl (C=O) groups excluding carboxylic acids is 2. The maximum Gasteiger partial charge on any atom is 0.302 e. The first-order chi connectivity index (χ1) is 6.02. The van der Waals surface area contributed by atoms with E-state index in [-0.39, 0.29) is 23.3 Å². The van der Waals surface area contributed by atoms with Crippen LogP contribution in [0.5, 0.6) is 0 Å². The summed E-state index contributed by atoms with van der Waals surface area (Å²) in [5.41, 5.74) is -0.365. The van der Waals surface area contributed by atoms with Crippen LogP contribution in [-0.2, 0) is 14.3 Å². The number of fused-ring (bicyclic) bond motifs is 2. The van der Waals surface area contributed by atoms with Crippen LogP contribution in [0.15, 0.2) is 0 Å². The summed E-state index contributed by atoms with van der Waals surface area (Å²) in [6, 6.07) is 0. The first-order valence-corrected chi connectivity index (χ1v) is 4.73. The molecule has 0 saturated heterocycles. The topological polar surface area (TPSA) is 43.4 Å². The third-order valence-corrected chi connectivity index (χ3v) is 3.39.